The molecule has 2 fully saturated rings. The molecule has 0 saturated carbocycles. The lowest BCUT2D eigenvalue weighted by Crippen LogP contribution is -2.48. The SMILES string of the molecule is CC(C)[C@H]1CN2C[C@@H](NC(=O)Cc3[nH]nc4ccccc34)C[C@H]2CO1. The normalized spacial score (nSPS) is 26.9. The molecule has 1 aromatic heterocycles. The Morgan fingerprint density at radius 1 is 1.40 bits per heavy atom. The summed E-state index contributed by atoms with van der Waals surface area (Å²) in [5, 5.41) is 11.5. The van der Waals surface area contributed by atoms with Crippen molar-refractivity contribution in [1.29, 1.82) is 0 Å². The van der Waals surface area contributed by atoms with Gasteiger partial charge in [0.15, 0.2) is 0 Å². The first-order valence-electron chi connectivity index (χ1n) is 9.17. The van der Waals surface area contributed by atoms with Crippen molar-refractivity contribution in [2.45, 2.75) is 44.9 Å². The Kier molecular flexibility index (Phi) is 4.48. The van der Waals surface area contributed by atoms with Crippen LogP contribution in [0.1, 0.15) is 26.0 Å². The Labute approximate surface area is 147 Å². The number of benzene rings is 1. The number of aromatic amines is 1. The Bertz CT molecular complexity index is 757. The number of nitrogens with one attached hydrogen (secondary N) is 2. The molecule has 1 amide bonds. The summed E-state index contributed by atoms with van der Waals surface area (Å²) in [5.74, 6) is 0.587. The molecule has 2 saturated heterocycles. The van der Waals surface area contributed by atoms with Crippen molar-refractivity contribution < 1.29 is 9.53 Å². The van der Waals surface area contributed by atoms with Crippen LogP contribution in [0.5, 0.6) is 0 Å². The first kappa shape index (κ1) is 16.5. The van der Waals surface area contributed by atoms with Crippen molar-refractivity contribution in [3.8, 4) is 0 Å². The number of morpholine rings is 1. The van der Waals surface area contributed by atoms with Crippen LogP contribution < -0.4 is 5.32 Å². The van der Waals surface area contributed by atoms with Gasteiger partial charge in [0.05, 0.1) is 30.3 Å². The molecule has 134 valence electrons. The number of ether oxygens (including phenoxy) is 1. The molecule has 0 unspecified atom stereocenters. The van der Waals surface area contributed by atoms with Gasteiger partial charge < -0.3 is 10.1 Å². The number of rotatable bonds is 4. The molecule has 0 spiro atoms. The van der Waals surface area contributed by atoms with Gasteiger partial charge in [-0.3, -0.25) is 14.8 Å². The molecule has 0 aliphatic carbocycles. The topological polar surface area (TPSA) is 70.2 Å². The van der Waals surface area contributed by atoms with E-state index >= 15 is 0 Å². The van der Waals surface area contributed by atoms with E-state index < -0.39 is 0 Å². The maximum atomic E-state index is 12.5. The van der Waals surface area contributed by atoms with Crippen molar-refractivity contribution in [2.75, 3.05) is 19.7 Å². The number of nitrogens with zero attached hydrogens (tertiary/aromatic N) is 2. The summed E-state index contributed by atoms with van der Waals surface area (Å²) < 4.78 is 5.97. The van der Waals surface area contributed by atoms with Gasteiger partial charge >= 0.3 is 0 Å². The Hall–Kier alpha value is -1.92. The summed E-state index contributed by atoms with van der Waals surface area (Å²) >= 11 is 0. The fraction of sp³-hybridized carbons (Fsp3) is 0.579. The lowest BCUT2D eigenvalue weighted by atomic mass is 10.0. The highest BCUT2D eigenvalue weighted by atomic mass is 16.5. The molecular formula is C19H26N4O2. The fourth-order valence-electron chi connectivity index (χ4n) is 4.00. The zero-order valence-electron chi connectivity index (χ0n) is 14.9. The molecule has 6 nitrogen and oxygen atoms in total. The van der Waals surface area contributed by atoms with Crippen molar-refractivity contribution in [2.24, 2.45) is 5.92 Å². The number of carbonyl (C=O) groups excluding carboxylic acids is 1. The molecule has 4 rings (SSSR count). The summed E-state index contributed by atoms with van der Waals surface area (Å²) in [7, 11) is 0. The van der Waals surface area contributed by atoms with Gasteiger partial charge in [0.2, 0.25) is 5.91 Å². The fourth-order valence-corrected chi connectivity index (χ4v) is 4.00. The van der Waals surface area contributed by atoms with Crippen LogP contribution in [0.25, 0.3) is 10.9 Å². The predicted octanol–water partition coefficient (Wildman–Crippen LogP) is 1.72. The van der Waals surface area contributed by atoms with Gasteiger partial charge in [-0.15, -0.1) is 0 Å². The highest BCUT2D eigenvalue weighted by Crippen LogP contribution is 2.26. The maximum absolute atomic E-state index is 12.5. The smallest absolute Gasteiger partial charge is 0.226 e. The maximum Gasteiger partial charge on any atom is 0.226 e. The van der Waals surface area contributed by atoms with Crippen LogP contribution >= 0.6 is 0 Å². The molecule has 25 heavy (non-hydrogen) atoms. The third-order valence-corrected chi connectivity index (χ3v) is 5.43. The second-order valence-corrected chi connectivity index (χ2v) is 7.62. The summed E-state index contributed by atoms with van der Waals surface area (Å²) in [6.07, 6.45) is 1.62. The van der Waals surface area contributed by atoms with Crippen LogP contribution in [0.3, 0.4) is 0 Å². The van der Waals surface area contributed by atoms with Crippen molar-refractivity contribution in [3.63, 3.8) is 0 Å². The molecular weight excluding hydrogens is 316 g/mol. The predicted molar refractivity (Wildman–Crippen MR) is 96.3 cm³/mol. The molecule has 0 bridgehead atoms. The monoisotopic (exact) mass is 342 g/mol. The zero-order valence-corrected chi connectivity index (χ0v) is 14.9. The van der Waals surface area contributed by atoms with E-state index in [1.807, 2.05) is 24.3 Å². The molecule has 2 aliphatic heterocycles. The molecule has 2 aliphatic rings. The van der Waals surface area contributed by atoms with Gasteiger partial charge in [0.25, 0.3) is 0 Å². The van der Waals surface area contributed by atoms with Gasteiger partial charge in [-0.1, -0.05) is 32.0 Å². The van der Waals surface area contributed by atoms with Gasteiger partial charge in [-0.05, 0) is 18.4 Å². The number of amides is 1. The number of hydrogen-bond acceptors (Lipinski definition) is 4. The molecule has 3 atom stereocenters. The van der Waals surface area contributed by atoms with E-state index in [0.29, 0.717) is 24.5 Å². The molecule has 2 aromatic rings. The number of hydrogen-bond donors (Lipinski definition) is 2. The van der Waals surface area contributed by atoms with Crippen LogP contribution in [0.2, 0.25) is 0 Å². The van der Waals surface area contributed by atoms with E-state index in [0.717, 1.165) is 42.7 Å². The molecule has 3 heterocycles. The van der Waals surface area contributed by atoms with Crippen LogP contribution in [-0.2, 0) is 16.0 Å². The first-order valence-corrected chi connectivity index (χ1v) is 9.17. The minimum absolute atomic E-state index is 0.0561. The summed E-state index contributed by atoms with van der Waals surface area (Å²) in [6.45, 7) is 7.08. The number of carbonyl (C=O) groups is 1. The molecule has 1 aromatic carbocycles. The first-order chi connectivity index (χ1) is 12.1. The Morgan fingerprint density at radius 3 is 3.08 bits per heavy atom. The van der Waals surface area contributed by atoms with Crippen molar-refractivity contribution in [3.05, 3.63) is 30.0 Å². The Balaban J connectivity index is 1.34. The van der Waals surface area contributed by atoms with E-state index in [1.165, 1.54) is 0 Å². The largest absolute Gasteiger partial charge is 0.375 e. The highest BCUT2D eigenvalue weighted by molar-refractivity contribution is 5.87. The minimum atomic E-state index is 0.0561. The van der Waals surface area contributed by atoms with Crippen LogP contribution in [-0.4, -0.2) is 58.9 Å². The highest BCUT2D eigenvalue weighted by Gasteiger charge is 2.38. The lowest BCUT2D eigenvalue weighted by Gasteiger charge is -2.36. The summed E-state index contributed by atoms with van der Waals surface area (Å²) in [6, 6.07) is 8.52. The quantitative estimate of drug-likeness (QED) is 0.888. The number of aromatic nitrogens is 2. The average Bonchev–Trinajstić information content (AvgIpc) is 3.17. The lowest BCUT2D eigenvalue weighted by molar-refractivity contribution is -0.121. The second-order valence-electron chi connectivity index (χ2n) is 7.62. The number of para-hydroxylation sites is 1. The third-order valence-electron chi connectivity index (χ3n) is 5.43. The van der Waals surface area contributed by atoms with E-state index in [-0.39, 0.29) is 11.9 Å². The minimum Gasteiger partial charge on any atom is -0.375 e. The van der Waals surface area contributed by atoms with Gasteiger partial charge in [0, 0.05) is 30.6 Å². The van der Waals surface area contributed by atoms with Crippen LogP contribution in [0.15, 0.2) is 24.3 Å². The number of H-pyrrole nitrogens is 1. The average molecular weight is 342 g/mol. The summed E-state index contributed by atoms with van der Waals surface area (Å²) in [5.41, 5.74) is 1.78. The molecule has 0 radical (unpaired) electrons. The number of fused-ring (bicyclic) bond motifs is 2. The van der Waals surface area contributed by atoms with Crippen molar-refractivity contribution >= 4 is 16.8 Å². The summed E-state index contributed by atoms with van der Waals surface area (Å²) in [4.78, 5) is 15.0. The zero-order chi connectivity index (χ0) is 17.4. The van der Waals surface area contributed by atoms with Crippen molar-refractivity contribution in [1.82, 2.24) is 20.4 Å². The molecule has 2 N–H and O–H groups in total. The van der Waals surface area contributed by atoms with Gasteiger partial charge in [-0.2, -0.15) is 5.10 Å². The van der Waals surface area contributed by atoms with E-state index in [2.05, 4.69) is 34.3 Å². The van der Waals surface area contributed by atoms with Gasteiger partial charge in [-0.25, -0.2) is 0 Å². The van der Waals surface area contributed by atoms with Gasteiger partial charge in [0.1, 0.15) is 0 Å². The van der Waals surface area contributed by atoms with E-state index in [9.17, 15) is 4.79 Å². The third kappa shape index (κ3) is 3.41. The second kappa shape index (κ2) is 6.77. The van der Waals surface area contributed by atoms with E-state index in [4.69, 9.17) is 4.74 Å². The van der Waals surface area contributed by atoms with Crippen LogP contribution in [0, 0.1) is 5.92 Å². The van der Waals surface area contributed by atoms with Crippen LogP contribution in [0.4, 0.5) is 0 Å². The molecule has 6 heteroatoms. The Morgan fingerprint density at radius 2 is 2.24 bits per heavy atom. The van der Waals surface area contributed by atoms with E-state index in [1.54, 1.807) is 0 Å². The standard InChI is InChI=1S/C19H26N4O2/c1-12(2)18-10-23-9-13(7-14(23)11-25-18)20-19(24)8-17-15-5-3-4-6-16(15)21-22-17/h3-6,12-14,18H,7-11H2,1-2H3,(H,20,24)(H,21,22)/t13-,14-,18+/m0/s1.